The smallest absolute Gasteiger partial charge is 0.260 e. The van der Waals surface area contributed by atoms with Crippen LogP contribution in [0.4, 0.5) is 5.13 Å². The average molecular weight is 480 g/mol. The third-order valence-electron chi connectivity index (χ3n) is 5.07. The summed E-state index contributed by atoms with van der Waals surface area (Å²) in [5, 5.41) is 1.16. The predicted octanol–water partition coefficient (Wildman–Crippen LogP) is 3.33. The average Bonchev–Trinajstić information content (AvgIpc) is 3.16. The van der Waals surface area contributed by atoms with E-state index in [0.717, 1.165) is 29.6 Å². The van der Waals surface area contributed by atoms with Crippen LogP contribution in [0, 0.1) is 0 Å². The van der Waals surface area contributed by atoms with Gasteiger partial charge in [-0.15, -0.1) is 0 Å². The van der Waals surface area contributed by atoms with Crippen molar-refractivity contribution in [1.82, 2.24) is 9.88 Å². The molecule has 0 aliphatic carbocycles. The summed E-state index contributed by atoms with van der Waals surface area (Å²) < 4.78 is 30.2. The molecule has 0 saturated carbocycles. The van der Waals surface area contributed by atoms with Crippen LogP contribution >= 0.6 is 22.9 Å². The molecule has 0 N–H and O–H groups in total. The number of carbonyl (C=O) groups excluding carboxylic acids is 1. The summed E-state index contributed by atoms with van der Waals surface area (Å²) in [7, 11) is -3.42. The van der Waals surface area contributed by atoms with E-state index in [1.807, 2.05) is 12.1 Å². The molecule has 4 rings (SSSR count). The molecule has 3 aromatic rings. The minimum absolute atomic E-state index is 0.113. The van der Waals surface area contributed by atoms with Gasteiger partial charge in [0, 0.05) is 43.0 Å². The van der Waals surface area contributed by atoms with Gasteiger partial charge in [-0.3, -0.25) is 14.6 Å². The van der Waals surface area contributed by atoms with Crippen molar-refractivity contribution in [2.24, 2.45) is 0 Å². The second kappa shape index (κ2) is 9.22. The molecule has 0 radical (unpaired) electrons. The molecular weight excluding hydrogens is 458 g/mol. The summed E-state index contributed by atoms with van der Waals surface area (Å²) in [5.74, 6) is -0.288. The number of sulfone groups is 1. The zero-order valence-corrected chi connectivity index (χ0v) is 19.3. The zero-order chi connectivity index (χ0) is 22.0. The molecule has 31 heavy (non-hydrogen) atoms. The van der Waals surface area contributed by atoms with E-state index >= 15 is 0 Å². The first kappa shape index (κ1) is 22.2. The number of anilines is 1. The van der Waals surface area contributed by atoms with E-state index in [1.54, 1.807) is 23.1 Å². The van der Waals surface area contributed by atoms with Crippen LogP contribution in [-0.2, 0) is 14.6 Å². The van der Waals surface area contributed by atoms with E-state index in [4.69, 9.17) is 16.3 Å². The van der Waals surface area contributed by atoms with Crippen LogP contribution < -0.4 is 4.90 Å². The monoisotopic (exact) mass is 479 g/mol. The van der Waals surface area contributed by atoms with Crippen molar-refractivity contribution in [3.63, 3.8) is 0 Å². The lowest BCUT2D eigenvalue weighted by Crippen LogP contribution is -2.43. The quantitative estimate of drug-likeness (QED) is 0.539. The number of rotatable bonds is 6. The summed E-state index contributed by atoms with van der Waals surface area (Å²) in [5.41, 5.74) is 1.07. The van der Waals surface area contributed by atoms with Crippen molar-refractivity contribution < 1.29 is 17.9 Å². The summed E-state index contributed by atoms with van der Waals surface area (Å²) in [6.07, 6.45) is 1.13. The van der Waals surface area contributed by atoms with Gasteiger partial charge in [0.1, 0.15) is 0 Å². The van der Waals surface area contributed by atoms with Crippen molar-refractivity contribution in [2.75, 3.05) is 50.5 Å². The molecule has 0 atom stereocenters. The maximum absolute atomic E-state index is 13.5. The second-order valence-corrected chi connectivity index (χ2v) is 10.8. The zero-order valence-electron chi connectivity index (χ0n) is 17.0. The van der Waals surface area contributed by atoms with Gasteiger partial charge in [-0.05, 0) is 36.4 Å². The fraction of sp³-hybridized carbons (Fsp3) is 0.333. The number of ether oxygens (including phenoxy) is 1. The predicted molar refractivity (Wildman–Crippen MR) is 123 cm³/mol. The van der Waals surface area contributed by atoms with Crippen molar-refractivity contribution in [3.05, 3.63) is 53.1 Å². The number of carbonyl (C=O) groups is 1. The Morgan fingerprint density at radius 2 is 2.00 bits per heavy atom. The van der Waals surface area contributed by atoms with Crippen LogP contribution in [0.2, 0.25) is 5.02 Å². The molecule has 1 aliphatic rings. The van der Waals surface area contributed by atoms with Gasteiger partial charge < -0.3 is 4.74 Å². The van der Waals surface area contributed by atoms with Gasteiger partial charge in [-0.2, -0.15) is 0 Å². The molecule has 1 aromatic heterocycles. The van der Waals surface area contributed by atoms with E-state index < -0.39 is 9.84 Å². The van der Waals surface area contributed by atoms with E-state index in [9.17, 15) is 13.2 Å². The Labute approximate surface area is 190 Å². The Hall–Kier alpha value is -2.04. The van der Waals surface area contributed by atoms with E-state index in [1.165, 1.54) is 23.5 Å². The van der Waals surface area contributed by atoms with Crippen molar-refractivity contribution >= 4 is 54.0 Å². The summed E-state index contributed by atoms with van der Waals surface area (Å²) in [6.45, 7) is 4.04. The molecule has 7 nitrogen and oxygen atoms in total. The number of fused-ring (bicyclic) bond motifs is 1. The highest BCUT2D eigenvalue weighted by Crippen LogP contribution is 2.31. The molecule has 1 amide bonds. The summed E-state index contributed by atoms with van der Waals surface area (Å²) in [4.78, 5) is 22.1. The Bertz CT molecular complexity index is 1210. The molecule has 1 fully saturated rings. The van der Waals surface area contributed by atoms with Gasteiger partial charge >= 0.3 is 0 Å². The fourth-order valence-corrected chi connectivity index (χ4v) is 5.30. The Balaban J connectivity index is 1.67. The number of hydrogen-bond acceptors (Lipinski definition) is 7. The molecule has 0 unspecified atom stereocenters. The minimum atomic E-state index is -3.42. The molecule has 2 aromatic carbocycles. The van der Waals surface area contributed by atoms with Crippen LogP contribution in [-0.4, -0.2) is 69.9 Å². The number of morpholine rings is 1. The molecule has 164 valence electrons. The molecule has 0 bridgehead atoms. The lowest BCUT2D eigenvalue weighted by Gasteiger charge is -2.29. The standard InChI is InChI=1S/C21H22ClN3O4S2/c1-31(27,28)17-4-2-3-15(13-17)20(26)25(8-7-24-9-11-29-12-10-24)21-23-18-6-5-16(22)14-19(18)30-21/h2-6,13-14H,7-12H2,1H3. The SMILES string of the molecule is CS(=O)(=O)c1cccc(C(=O)N(CCN2CCOCC2)c2nc3ccc(Cl)cc3s2)c1. The number of benzene rings is 2. The molecule has 2 heterocycles. The molecule has 0 spiro atoms. The number of aromatic nitrogens is 1. The van der Waals surface area contributed by atoms with Gasteiger partial charge in [0.05, 0.1) is 28.3 Å². The number of nitrogens with zero attached hydrogens (tertiary/aromatic N) is 3. The molecular formula is C21H22ClN3O4S2. The van der Waals surface area contributed by atoms with Crippen LogP contribution in [0.1, 0.15) is 10.4 Å². The first-order chi connectivity index (χ1) is 14.8. The summed E-state index contributed by atoms with van der Waals surface area (Å²) >= 11 is 7.50. The van der Waals surface area contributed by atoms with Crippen molar-refractivity contribution in [2.45, 2.75) is 4.90 Å². The highest BCUT2D eigenvalue weighted by atomic mass is 35.5. The van der Waals surface area contributed by atoms with E-state index in [-0.39, 0.29) is 10.8 Å². The Morgan fingerprint density at radius 1 is 1.23 bits per heavy atom. The Kier molecular flexibility index (Phi) is 6.59. The van der Waals surface area contributed by atoms with Gasteiger partial charge in [0.25, 0.3) is 5.91 Å². The van der Waals surface area contributed by atoms with Gasteiger partial charge in [0.2, 0.25) is 0 Å². The van der Waals surface area contributed by atoms with Crippen molar-refractivity contribution in [3.8, 4) is 0 Å². The number of thiazole rings is 1. The van der Waals surface area contributed by atoms with E-state index in [0.29, 0.717) is 42.0 Å². The number of amides is 1. The van der Waals surface area contributed by atoms with Gasteiger partial charge in [0.15, 0.2) is 15.0 Å². The van der Waals surface area contributed by atoms with Crippen LogP contribution in [0.15, 0.2) is 47.4 Å². The highest BCUT2D eigenvalue weighted by Gasteiger charge is 2.24. The lowest BCUT2D eigenvalue weighted by atomic mass is 10.2. The third-order valence-corrected chi connectivity index (χ3v) is 7.45. The molecule has 1 aliphatic heterocycles. The molecule has 10 heteroatoms. The summed E-state index contributed by atoms with van der Waals surface area (Å²) in [6, 6.07) is 11.5. The van der Waals surface area contributed by atoms with Crippen LogP contribution in [0.5, 0.6) is 0 Å². The first-order valence-corrected chi connectivity index (χ1v) is 12.9. The van der Waals surface area contributed by atoms with E-state index in [2.05, 4.69) is 9.88 Å². The highest BCUT2D eigenvalue weighted by molar-refractivity contribution is 7.90. The van der Waals surface area contributed by atoms with Gasteiger partial charge in [-0.1, -0.05) is 29.0 Å². The second-order valence-electron chi connectivity index (χ2n) is 7.32. The first-order valence-electron chi connectivity index (χ1n) is 9.79. The maximum atomic E-state index is 13.5. The minimum Gasteiger partial charge on any atom is -0.379 e. The Morgan fingerprint density at radius 3 is 2.74 bits per heavy atom. The van der Waals surface area contributed by atoms with Crippen LogP contribution in [0.25, 0.3) is 10.2 Å². The normalized spacial score (nSPS) is 15.3. The fourth-order valence-electron chi connectivity index (χ4n) is 3.37. The molecule has 1 saturated heterocycles. The largest absolute Gasteiger partial charge is 0.379 e. The maximum Gasteiger partial charge on any atom is 0.260 e. The van der Waals surface area contributed by atoms with Gasteiger partial charge in [-0.25, -0.2) is 13.4 Å². The lowest BCUT2D eigenvalue weighted by molar-refractivity contribution is 0.0391. The van der Waals surface area contributed by atoms with Crippen molar-refractivity contribution in [1.29, 1.82) is 0 Å². The number of halogens is 1. The third kappa shape index (κ3) is 5.24. The topological polar surface area (TPSA) is 79.8 Å². The van der Waals surface area contributed by atoms with Crippen LogP contribution in [0.3, 0.4) is 0 Å². The number of hydrogen-bond donors (Lipinski definition) is 0.